The number of hydrogen-bond donors (Lipinski definition) is 2. The zero-order chi connectivity index (χ0) is 11.4. The Morgan fingerprint density at radius 1 is 1.44 bits per heavy atom. The molecule has 1 aromatic rings. The van der Waals surface area contributed by atoms with Gasteiger partial charge in [-0.25, -0.2) is 13.1 Å². The van der Waals surface area contributed by atoms with Crippen molar-refractivity contribution in [1.29, 1.82) is 0 Å². The maximum absolute atomic E-state index is 11.5. The van der Waals surface area contributed by atoms with Gasteiger partial charge in [-0.3, -0.25) is 0 Å². The molecule has 16 heavy (non-hydrogen) atoms. The Hall–Kier alpha value is -0.850. The van der Waals surface area contributed by atoms with E-state index in [2.05, 4.69) is 10.0 Å². The third-order valence-corrected chi connectivity index (χ3v) is 3.75. The first-order chi connectivity index (χ1) is 7.66. The zero-order valence-corrected chi connectivity index (χ0v) is 9.79. The third kappa shape index (κ3) is 3.96. The molecule has 0 spiro atoms. The molecule has 0 saturated heterocycles. The van der Waals surface area contributed by atoms with Gasteiger partial charge in [0, 0.05) is 12.6 Å². The second-order valence-corrected chi connectivity index (χ2v) is 5.87. The smallest absolute Gasteiger partial charge is 0.213 e. The highest BCUT2D eigenvalue weighted by atomic mass is 32.2. The van der Waals surface area contributed by atoms with Crippen molar-refractivity contribution in [2.45, 2.75) is 25.4 Å². The maximum Gasteiger partial charge on any atom is 0.213 e. The van der Waals surface area contributed by atoms with E-state index in [4.69, 9.17) is 4.42 Å². The minimum atomic E-state index is -3.20. The number of hydrogen-bond acceptors (Lipinski definition) is 4. The molecular formula is C10H16N2O3S. The lowest BCUT2D eigenvalue weighted by Gasteiger charge is -2.05. The molecular weight excluding hydrogens is 228 g/mol. The van der Waals surface area contributed by atoms with Gasteiger partial charge < -0.3 is 9.73 Å². The fourth-order valence-electron chi connectivity index (χ4n) is 1.35. The summed E-state index contributed by atoms with van der Waals surface area (Å²) in [6.07, 6.45) is 3.86. The molecule has 0 unspecified atom stereocenters. The highest BCUT2D eigenvalue weighted by molar-refractivity contribution is 7.89. The van der Waals surface area contributed by atoms with Crippen molar-refractivity contribution >= 4 is 10.0 Å². The SMILES string of the molecule is O=S(=O)(CCNC1CC1)NCc1ccco1. The van der Waals surface area contributed by atoms with E-state index < -0.39 is 10.0 Å². The maximum atomic E-state index is 11.5. The predicted octanol–water partition coefficient (Wildman–Crippen LogP) is 0.451. The standard InChI is InChI=1S/C10H16N2O3S/c13-16(14,7-5-11-9-3-4-9)12-8-10-2-1-6-15-10/h1-2,6,9,11-12H,3-5,7-8H2. The Morgan fingerprint density at radius 3 is 2.88 bits per heavy atom. The molecule has 1 aliphatic rings. The Balaban J connectivity index is 1.69. The molecule has 5 nitrogen and oxygen atoms in total. The number of sulfonamides is 1. The van der Waals surface area contributed by atoms with Crippen molar-refractivity contribution in [3.8, 4) is 0 Å². The lowest BCUT2D eigenvalue weighted by Crippen LogP contribution is -2.32. The quantitative estimate of drug-likeness (QED) is 0.730. The van der Waals surface area contributed by atoms with Gasteiger partial charge in [-0.1, -0.05) is 0 Å². The van der Waals surface area contributed by atoms with Gasteiger partial charge in [0.05, 0.1) is 18.6 Å². The summed E-state index contributed by atoms with van der Waals surface area (Å²) in [6.45, 7) is 0.733. The van der Waals surface area contributed by atoms with Gasteiger partial charge in [-0.2, -0.15) is 0 Å². The summed E-state index contributed by atoms with van der Waals surface area (Å²) in [5.74, 6) is 0.739. The van der Waals surface area contributed by atoms with E-state index in [0.717, 1.165) is 0 Å². The Morgan fingerprint density at radius 2 is 2.25 bits per heavy atom. The molecule has 1 aliphatic carbocycles. The van der Waals surface area contributed by atoms with Gasteiger partial charge in [0.1, 0.15) is 5.76 Å². The molecule has 1 heterocycles. The number of furan rings is 1. The first-order valence-corrected chi connectivity index (χ1v) is 7.04. The van der Waals surface area contributed by atoms with Crippen molar-refractivity contribution in [1.82, 2.24) is 10.0 Å². The van der Waals surface area contributed by atoms with Crippen molar-refractivity contribution in [2.75, 3.05) is 12.3 Å². The number of rotatable bonds is 7. The summed E-state index contributed by atoms with van der Waals surface area (Å²) >= 11 is 0. The molecule has 2 rings (SSSR count). The Kier molecular flexibility index (Phi) is 3.63. The average molecular weight is 244 g/mol. The van der Waals surface area contributed by atoms with Gasteiger partial charge in [0.25, 0.3) is 0 Å². The second-order valence-electron chi connectivity index (χ2n) is 3.95. The lowest BCUT2D eigenvalue weighted by atomic mass is 10.5. The Labute approximate surface area is 95.3 Å². The van der Waals surface area contributed by atoms with Crippen LogP contribution in [0.15, 0.2) is 22.8 Å². The molecule has 0 amide bonds. The predicted molar refractivity (Wildman–Crippen MR) is 60.4 cm³/mol. The molecule has 0 bridgehead atoms. The number of nitrogens with one attached hydrogen (secondary N) is 2. The van der Waals surface area contributed by atoms with Crippen LogP contribution in [0.1, 0.15) is 18.6 Å². The summed E-state index contributed by atoms with van der Waals surface area (Å²) in [6, 6.07) is 4.02. The van der Waals surface area contributed by atoms with Gasteiger partial charge in [-0.05, 0) is 25.0 Å². The largest absolute Gasteiger partial charge is 0.468 e. The minimum absolute atomic E-state index is 0.115. The molecule has 1 saturated carbocycles. The topological polar surface area (TPSA) is 71.3 Å². The van der Waals surface area contributed by atoms with Gasteiger partial charge in [-0.15, -0.1) is 0 Å². The molecule has 0 aliphatic heterocycles. The van der Waals surface area contributed by atoms with E-state index in [0.29, 0.717) is 18.3 Å². The molecule has 1 aromatic heterocycles. The van der Waals surface area contributed by atoms with E-state index in [1.54, 1.807) is 12.1 Å². The molecule has 90 valence electrons. The van der Waals surface area contributed by atoms with Crippen LogP contribution in [0.3, 0.4) is 0 Å². The lowest BCUT2D eigenvalue weighted by molar-refractivity contribution is 0.498. The fourth-order valence-corrected chi connectivity index (χ4v) is 2.24. The summed E-state index contributed by atoms with van der Waals surface area (Å²) in [5.41, 5.74) is 0. The first-order valence-electron chi connectivity index (χ1n) is 5.39. The third-order valence-electron chi connectivity index (χ3n) is 2.43. The monoisotopic (exact) mass is 244 g/mol. The molecule has 0 aromatic carbocycles. The molecule has 0 radical (unpaired) electrons. The molecule has 2 N–H and O–H groups in total. The van der Waals surface area contributed by atoms with E-state index in [1.165, 1.54) is 19.1 Å². The summed E-state index contributed by atoms with van der Waals surface area (Å²) in [5, 5.41) is 3.16. The van der Waals surface area contributed by atoms with Gasteiger partial charge in [0.2, 0.25) is 10.0 Å². The second kappa shape index (κ2) is 4.99. The van der Waals surface area contributed by atoms with Gasteiger partial charge >= 0.3 is 0 Å². The van der Waals surface area contributed by atoms with Crippen LogP contribution in [0.5, 0.6) is 0 Å². The molecule has 6 heteroatoms. The minimum Gasteiger partial charge on any atom is -0.468 e. The van der Waals surface area contributed by atoms with Gasteiger partial charge in [0.15, 0.2) is 0 Å². The molecule has 0 atom stereocenters. The van der Waals surface area contributed by atoms with Crippen molar-refractivity contribution in [3.63, 3.8) is 0 Å². The van der Waals surface area contributed by atoms with Crippen LogP contribution in [0.2, 0.25) is 0 Å². The summed E-state index contributed by atoms with van der Waals surface area (Å²) in [4.78, 5) is 0. The fraction of sp³-hybridized carbons (Fsp3) is 0.600. The van der Waals surface area contributed by atoms with Crippen LogP contribution in [0.4, 0.5) is 0 Å². The van der Waals surface area contributed by atoms with E-state index in [9.17, 15) is 8.42 Å². The first kappa shape index (κ1) is 11.6. The highest BCUT2D eigenvalue weighted by Crippen LogP contribution is 2.17. The van der Waals surface area contributed by atoms with E-state index in [1.807, 2.05) is 0 Å². The van der Waals surface area contributed by atoms with Crippen LogP contribution in [0.25, 0.3) is 0 Å². The van der Waals surface area contributed by atoms with Crippen LogP contribution in [-0.4, -0.2) is 26.8 Å². The zero-order valence-electron chi connectivity index (χ0n) is 8.98. The Bertz CT molecular complexity index is 409. The summed E-state index contributed by atoms with van der Waals surface area (Å²) in [7, 11) is -3.20. The van der Waals surface area contributed by atoms with Crippen molar-refractivity contribution < 1.29 is 12.8 Å². The average Bonchev–Trinajstić information content (AvgIpc) is 2.91. The van der Waals surface area contributed by atoms with Crippen LogP contribution >= 0.6 is 0 Å². The normalized spacial score (nSPS) is 16.5. The van der Waals surface area contributed by atoms with E-state index >= 15 is 0 Å². The highest BCUT2D eigenvalue weighted by Gasteiger charge is 2.21. The van der Waals surface area contributed by atoms with Crippen molar-refractivity contribution in [2.24, 2.45) is 0 Å². The van der Waals surface area contributed by atoms with Crippen LogP contribution in [0, 0.1) is 0 Å². The van der Waals surface area contributed by atoms with Crippen LogP contribution in [-0.2, 0) is 16.6 Å². The van der Waals surface area contributed by atoms with Crippen molar-refractivity contribution in [3.05, 3.63) is 24.2 Å². The van der Waals surface area contributed by atoms with Crippen LogP contribution < -0.4 is 10.0 Å². The van der Waals surface area contributed by atoms with E-state index in [-0.39, 0.29) is 12.3 Å². The summed E-state index contributed by atoms with van der Waals surface area (Å²) < 4.78 is 30.6. The molecule has 1 fully saturated rings.